The number of hydrogen-bond donors (Lipinski definition) is 1. The maximum atomic E-state index is 10.9. The van der Waals surface area contributed by atoms with Crippen LogP contribution >= 0.6 is 11.6 Å². The molecule has 0 fully saturated rings. The van der Waals surface area contributed by atoms with Crippen molar-refractivity contribution in [2.45, 2.75) is 26.7 Å². The molecule has 19 heavy (non-hydrogen) atoms. The van der Waals surface area contributed by atoms with Crippen LogP contribution in [-0.4, -0.2) is 23.9 Å². The summed E-state index contributed by atoms with van der Waals surface area (Å²) in [6.07, 6.45) is 1.92. The fourth-order valence-electron chi connectivity index (χ4n) is 1.50. The smallest absolute Gasteiger partial charge is 0.242 e. The van der Waals surface area contributed by atoms with Crippen LogP contribution in [0.25, 0.3) is 0 Å². The highest BCUT2D eigenvalue weighted by molar-refractivity contribution is 6.32. The molecule has 0 aromatic carbocycles. The highest BCUT2D eigenvalue weighted by atomic mass is 35.5. The predicted molar refractivity (Wildman–Crippen MR) is 73.0 cm³/mol. The SMILES string of the molecule is COc1nc(OCCCC(C)C)c(Cl)cc1N([O-])O. The third kappa shape index (κ3) is 4.74. The number of rotatable bonds is 7. The number of hydrogen-bond acceptors (Lipinski definition) is 6. The molecule has 0 bridgehead atoms. The Labute approximate surface area is 117 Å². The van der Waals surface area contributed by atoms with Gasteiger partial charge >= 0.3 is 0 Å². The predicted octanol–water partition coefficient (Wildman–Crippen LogP) is 3.25. The number of ether oxygens (including phenoxy) is 2. The molecule has 6 nitrogen and oxygen atoms in total. The van der Waals surface area contributed by atoms with E-state index in [-0.39, 0.29) is 27.7 Å². The second-order valence-electron chi connectivity index (χ2n) is 4.46. The second kappa shape index (κ2) is 7.37. The van der Waals surface area contributed by atoms with Crippen LogP contribution in [0, 0.1) is 11.1 Å². The molecule has 0 radical (unpaired) electrons. The van der Waals surface area contributed by atoms with Crippen LogP contribution in [0.4, 0.5) is 5.69 Å². The molecule has 1 heterocycles. The quantitative estimate of drug-likeness (QED) is 0.613. The molecule has 0 saturated carbocycles. The highest BCUT2D eigenvalue weighted by Gasteiger charge is 2.13. The first-order valence-electron chi connectivity index (χ1n) is 5.99. The third-order valence-electron chi connectivity index (χ3n) is 2.45. The number of methoxy groups -OCH3 is 1. The average Bonchev–Trinajstić information content (AvgIpc) is 2.35. The average molecular weight is 290 g/mol. The number of pyridine rings is 1. The summed E-state index contributed by atoms with van der Waals surface area (Å²) in [6.45, 7) is 4.74. The third-order valence-corrected chi connectivity index (χ3v) is 2.72. The summed E-state index contributed by atoms with van der Waals surface area (Å²) in [7, 11) is 1.34. The Bertz CT molecular complexity index is 413. The normalized spacial score (nSPS) is 10.7. The van der Waals surface area contributed by atoms with Gasteiger partial charge in [-0.2, -0.15) is 4.98 Å². The van der Waals surface area contributed by atoms with Gasteiger partial charge in [0.1, 0.15) is 10.7 Å². The van der Waals surface area contributed by atoms with Crippen molar-refractivity contribution >= 4 is 17.3 Å². The van der Waals surface area contributed by atoms with Crippen molar-refractivity contribution in [1.82, 2.24) is 4.98 Å². The van der Waals surface area contributed by atoms with E-state index < -0.39 is 0 Å². The molecule has 7 heteroatoms. The highest BCUT2D eigenvalue weighted by Crippen LogP contribution is 2.34. The summed E-state index contributed by atoms with van der Waals surface area (Å²) in [5, 5.41) is 19.6. The Kier molecular flexibility index (Phi) is 6.14. The van der Waals surface area contributed by atoms with Crippen molar-refractivity contribution < 1.29 is 14.7 Å². The molecule has 0 aliphatic carbocycles. The van der Waals surface area contributed by atoms with Crippen LogP contribution in [0.1, 0.15) is 26.7 Å². The summed E-state index contributed by atoms with van der Waals surface area (Å²) >= 11 is 5.92. The molecule has 1 N–H and O–H groups in total. The molecular formula is C12H18ClN2O4-. The molecule has 0 spiro atoms. The minimum atomic E-state index is -0.347. The summed E-state index contributed by atoms with van der Waals surface area (Å²) in [4.78, 5) is 3.95. The molecule has 108 valence electrons. The first kappa shape index (κ1) is 15.8. The van der Waals surface area contributed by atoms with Crippen LogP contribution in [0.5, 0.6) is 11.8 Å². The molecule has 1 rings (SSSR count). The first-order valence-corrected chi connectivity index (χ1v) is 6.37. The second-order valence-corrected chi connectivity index (χ2v) is 4.87. The molecule has 0 saturated heterocycles. The molecule has 1 aromatic heterocycles. The summed E-state index contributed by atoms with van der Waals surface area (Å²) < 4.78 is 10.3. The lowest BCUT2D eigenvalue weighted by Crippen LogP contribution is -2.10. The minimum absolute atomic E-state index is 0.0410. The lowest BCUT2D eigenvalue weighted by molar-refractivity contribution is 0.274. The van der Waals surface area contributed by atoms with E-state index in [1.165, 1.54) is 13.2 Å². The largest absolute Gasteiger partial charge is 0.733 e. The molecule has 0 amide bonds. The van der Waals surface area contributed by atoms with Crippen molar-refractivity contribution in [3.8, 4) is 11.8 Å². The monoisotopic (exact) mass is 289 g/mol. The van der Waals surface area contributed by atoms with E-state index in [0.717, 1.165) is 12.8 Å². The minimum Gasteiger partial charge on any atom is -0.733 e. The van der Waals surface area contributed by atoms with E-state index in [1.54, 1.807) is 0 Å². The van der Waals surface area contributed by atoms with Crippen LogP contribution in [0.2, 0.25) is 5.02 Å². The Morgan fingerprint density at radius 3 is 2.68 bits per heavy atom. The molecule has 1 aromatic rings. The maximum Gasteiger partial charge on any atom is 0.242 e. The topological polar surface area (TPSA) is 77.9 Å². The Morgan fingerprint density at radius 1 is 1.47 bits per heavy atom. The van der Waals surface area contributed by atoms with Crippen molar-refractivity contribution in [2.24, 2.45) is 5.92 Å². The van der Waals surface area contributed by atoms with Crippen LogP contribution in [0.3, 0.4) is 0 Å². The first-order chi connectivity index (χ1) is 8.95. The van der Waals surface area contributed by atoms with E-state index in [1.807, 2.05) is 0 Å². The number of aromatic nitrogens is 1. The fraction of sp³-hybridized carbons (Fsp3) is 0.583. The summed E-state index contributed by atoms with van der Waals surface area (Å²) in [6, 6.07) is 1.25. The van der Waals surface area contributed by atoms with E-state index in [0.29, 0.717) is 12.5 Å². The van der Waals surface area contributed by atoms with E-state index in [9.17, 15) is 5.21 Å². The Balaban J connectivity index is 2.73. The van der Waals surface area contributed by atoms with Gasteiger partial charge in [-0.05, 0) is 24.8 Å². The zero-order chi connectivity index (χ0) is 14.4. The zero-order valence-electron chi connectivity index (χ0n) is 11.2. The van der Waals surface area contributed by atoms with Gasteiger partial charge in [-0.15, -0.1) is 0 Å². The van der Waals surface area contributed by atoms with Crippen LogP contribution < -0.4 is 14.7 Å². The summed E-state index contributed by atoms with van der Waals surface area (Å²) in [5.41, 5.74) is -0.165. The molecule has 0 aliphatic rings. The van der Waals surface area contributed by atoms with Crippen LogP contribution in [0.15, 0.2) is 6.07 Å². The number of anilines is 1. The van der Waals surface area contributed by atoms with Gasteiger partial charge in [0, 0.05) is 0 Å². The van der Waals surface area contributed by atoms with Gasteiger partial charge in [0.05, 0.1) is 13.7 Å². The lowest BCUT2D eigenvalue weighted by Gasteiger charge is -2.23. The molecule has 0 atom stereocenters. The van der Waals surface area contributed by atoms with Gasteiger partial charge in [0.2, 0.25) is 11.8 Å². The van der Waals surface area contributed by atoms with Gasteiger partial charge in [-0.1, -0.05) is 25.4 Å². The van der Waals surface area contributed by atoms with Crippen molar-refractivity contribution in [3.05, 3.63) is 16.3 Å². The number of nitrogens with zero attached hydrogens (tertiary/aromatic N) is 2. The molecule has 0 unspecified atom stereocenters. The standard InChI is InChI=1S/C12H18ClN2O4/c1-8(2)5-4-6-19-11-9(13)7-10(15(16)17)12(14-11)18-3/h7-8,16H,4-6H2,1-3H3/q-1. The van der Waals surface area contributed by atoms with E-state index in [2.05, 4.69) is 18.8 Å². The van der Waals surface area contributed by atoms with E-state index >= 15 is 0 Å². The van der Waals surface area contributed by atoms with E-state index in [4.69, 9.17) is 26.3 Å². The van der Waals surface area contributed by atoms with Crippen molar-refractivity contribution in [2.75, 3.05) is 18.9 Å². The van der Waals surface area contributed by atoms with Gasteiger partial charge in [-0.3, -0.25) is 5.21 Å². The Hall–Kier alpha value is -1.24. The maximum absolute atomic E-state index is 10.9. The Morgan fingerprint density at radius 2 is 2.16 bits per heavy atom. The molecular weight excluding hydrogens is 272 g/mol. The van der Waals surface area contributed by atoms with Gasteiger partial charge in [0.15, 0.2) is 0 Å². The summed E-state index contributed by atoms with van der Waals surface area (Å²) in [5.74, 6) is 0.751. The van der Waals surface area contributed by atoms with Gasteiger partial charge in [0.25, 0.3) is 0 Å². The van der Waals surface area contributed by atoms with Crippen LogP contribution in [-0.2, 0) is 0 Å². The number of halogens is 1. The van der Waals surface area contributed by atoms with Gasteiger partial charge < -0.3 is 19.9 Å². The lowest BCUT2D eigenvalue weighted by atomic mass is 10.1. The van der Waals surface area contributed by atoms with Crippen molar-refractivity contribution in [3.63, 3.8) is 0 Å². The van der Waals surface area contributed by atoms with Gasteiger partial charge in [-0.25, -0.2) is 0 Å². The zero-order valence-corrected chi connectivity index (χ0v) is 12.0. The van der Waals surface area contributed by atoms with Crippen molar-refractivity contribution in [1.29, 1.82) is 0 Å². The fourth-order valence-corrected chi connectivity index (χ4v) is 1.70. The molecule has 0 aliphatic heterocycles.